The van der Waals surface area contributed by atoms with Crippen LogP contribution < -0.4 is 21.4 Å². The Morgan fingerprint density at radius 1 is 1.13 bits per heavy atom. The van der Waals surface area contributed by atoms with Crippen LogP contribution in [0.15, 0.2) is 74.3 Å². The van der Waals surface area contributed by atoms with Crippen molar-refractivity contribution in [3.63, 3.8) is 0 Å². The molecule has 0 bridgehead atoms. The van der Waals surface area contributed by atoms with Gasteiger partial charge in [-0.2, -0.15) is 10.2 Å². The van der Waals surface area contributed by atoms with Crippen molar-refractivity contribution in [1.82, 2.24) is 20.6 Å². The molecular formula is C21H21N5O4S. The number of thioether (sulfide) groups is 1. The van der Waals surface area contributed by atoms with Crippen LogP contribution in [0.25, 0.3) is 0 Å². The molecule has 3 aromatic rings. The van der Waals surface area contributed by atoms with Gasteiger partial charge in [0.2, 0.25) is 0 Å². The maximum absolute atomic E-state index is 12.8. The summed E-state index contributed by atoms with van der Waals surface area (Å²) < 4.78 is 5.59. The molecule has 0 aliphatic heterocycles. The second kappa shape index (κ2) is 10.4. The highest BCUT2D eigenvalue weighted by Gasteiger charge is 2.24. The highest BCUT2D eigenvalue weighted by atomic mass is 32.2. The van der Waals surface area contributed by atoms with E-state index < -0.39 is 22.4 Å². The molecule has 3 rings (SSSR count). The predicted octanol–water partition coefficient (Wildman–Crippen LogP) is 2.23. The molecule has 10 heteroatoms. The zero-order valence-corrected chi connectivity index (χ0v) is 17.7. The average Bonchev–Trinajstić information content (AvgIpc) is 2.74. The van der Waals surface area contributed by atoms with E-state index in [4.69, 9.17) is 4.74 Å². The summed E-state index contributed by atoms with van der Waals surface area (Å²) in [6.45, 7) is 3.89. The first kappa shape index (κ1) is 22.0. The number of hydrogen-bond acceptors (Lipinski definition) is 7. The highest BCUT2D eigenvalue weighted by Crippen LogP contribution is 2.32. The Bertz CT molecular complexity index is 1160. The molecule has 0 fully saturated rings. The zero-order valence-electron chi connectivity index (χ0n) is 16.9. The van der Waals surface area contributed by atoms with Crippen LogP contribution >= 0.6 is 11.8 Å². The molecule has 1 amide bonds. The number of nitrogens with one attached hydrogen (secondary N) is 3. The van der Waals surface area contributed by atoms with E-state index in [1.165, 1.54) is 6.21 Å². The maximum atomic E-state index is 12.8. The number of hydrogen-bond donors (Lipinski definition) is 3. The van der Waals surface area contributed by atoms with Gasteiger partial charge in [-0.25, -0.2) is 15.3 Å². The summed E-state index contributed by atoms with van der Waals surface area (Å²) in [4.78, 5) is 38.1. The van der Waals surface area contributed by atoms with Crippen molar-refractivity contribution < 1.29 is 9.53 Å². The van der Waals surface area contributed by atoms with Gasteiger partial charge in [0.05, 0.1) is 12.3 Å². The number of hydrazone groups is 1. The standard InChI is InChI=1S/C21H21N5O4S/c1-13(2)30-16-10-8-14(9-11-16)12-22-24-18(27)17(15-6-4-3-5-7-15)31-20-19(28)23-21(29)26-25-20/h3-13,17H,1-2H3,(H,24,27)(H2,23,26,28,29)/b22-12-. The number of amides is 1. The summed E-state index contributed by atoms with van der Waals surface area (Å²) in [7, 11) is 0. The first-order valence-corrected chi connectivity index (χ1v) is 10.3. The number of aromatic nitrogens is 3. The molecule has 0 radical (unpaired) electrons. The largest absolute Gasteiger partial charge is 0.491 e. The molecule has 160 valence electrons. The lowest BCUT2D eigenvalue weighted by atomic mass is 10.1. The van der Waals surface area contributed by atoms with Crippen LogP contribution in [0.3, 0.4) is 0 Å². The molecule has 1 aromatic heterocycles. The maximum Gasteiger partial charge on any atom is 0.342 e. The lowest BCUT2D eigenvalue weighted by molar-refractivity contribution is -0.120. The first-order chi connectivity index (χ1) is 14.9. The average molecular weight is 439 g/mol. The van der Waals surface area contributed by atoms with Crippen LogP contribution in [-0.4, -0.2) is 33.4 Å². The summed E-state index contributed by atoms with van der Waals surface area (Å²) in [6.07, 6.45) is 1.59. The number of carbonyl (C=O) groups excluding carboxylic acids is 1. The first-order valence-electron chi connectivity index (χ1n) is 9.42. The topological polar surface area (TPSA) is 129 Å². The van der Waals surface area contributed by atoms with Crippen molar-refractivity contribution >= 4 is 23.9 Å². The summed E-state index contributed by atoms with van der Waals surface area (Å²) in [5, 5.41) is 9.07. The number of carbonyl (C=O) groups is 1. The number of nitrogens with zero attached hydrogens (tertiary/aromatic N) is 2. The van der Waals surface area contributed by atoms with Crippen LogP contribution in [0.5, 0.6) is 5.75 Å². The van der Waals surface area contributed by atoms with E-state index in [-0.39, 0.29) is 11.1 Å². The number of rotatable bonds is 8. The molecule has 0 aliphatic carbocycles. The Balaban J connectivity index is 1.73. The Morgan fingerprint density at radius 3 is 2.48 bits per heavy atom. The molecule has 0 saturated carbocycles. The van der Waals surface area contributed by atoms with Gasteiger partial charge in [-0.05, 0) is 49.2 Å². The van der Waals surface area contributed by atoms with Crippen LogP contribution in [0.2, 0.25) is 0 Å². The van der Waals surface area contributed by atoms with Crippen LogP contribution in [-0.2, 0) is 4.79 Å². The Kier molecular flexibility index (Phi) is 7.39. The van der Waals surface area contributed by atoms with Crippen molar-refractivity contribution in [2.24, 2.45) is 5.10 Å². The summed E-state index contributed by atoms with van der Waals surface area (Å²) in [6, 6.07) is 16.2. The molecule has 0 saturated heterocycles. The fourth-order valence-electron chi connectivity index (χ4n) is 2.56. The monoisotopic (exact) mass is 439 g/mol. The molecular weight excluding hydrogens is 418 g/mol. The van der Waals surface area contributed by atoms with Crippen LogP contribution in [0.4, 0.5) is 0 Å². The Morgan fingerprint density at radius 2 is 1.84 bits per heavy atom. The van der Waals surface area contributed by atoms with Crippen molar-refractivity contribution in [2.75, 3.05) is 0 Å². The van der Waals surface area contributed by atoms with E-state index >= 15 is 0 Å². The molecule has 3 N–H and O–H groups in total. The second-order valence-corrected chi connectivity index (χ2v) is 7.78. The Hall–Kier alpha value is -3.66. The SMILES string of the molecule is CC(C)Oc1ccc(/C=N\NC(=O)C(Sc2n[nH]c(=O)[nH]c2=O)c2ccccc2)cc1. The molecule has 1 heterocycles. The summed E-state index contributed by atoms with van der Waals surface area (Å²) in [5.74, 6) is 0.301. The van der Waals surface area contributed by atoms with Crippen LogP contribution in [0, 0.1) is 0 Å². The number of ether oxygens (including phenoxy) is 1. The van der Waals surface area contributed by atoms with Crippen molar-refractivity contribution in [3.8, 4) is 5.75 Å². The van der Waals surface area contributed by atoms with E-state index in [9.17, 15) is 14.4 Å². The van der Waals surface area contributed by atoms with E-state index in [1.807, 2.05) is 44.2 Å². The number of benzene rings is 2. The van der Waals surface area contributed by atoms with Crippen molar-refractivity contribution in [2.45, 2.75) is 30.2 Å². The molecule has 2 aromatic carbocycles. The van der Waals surface area contributed by atoms with Gasteiger partial charge in [0.1, 0.15) is 11.0 Å². The van der Waals surface area contributed by atoms with Gasteiger partial charge in [0, 0.05) is 0 Å². The zero-order chi connectivity index (χ0) is 22.2. The highest BCUT2D eigenvalue weighted by molar-refractivity contribution is 8.00. The van der Waals surface area contributed by atoms with E-state index in [0.29, 0.717) is 5.56 Å². The van der Waals surface area contributed by atoms with Crippen molar-refractivity contribution in [3.05, 3.63) is 86.6 Å². The van der Waals surface area contributed by atoms with Gasteiger partial charge in [-0.15, -0.1) is 0 Å². The minimum atomic E-state index is -0.806. The van der Waals surface area contributed by atoms with Crippen molar-refractivity contribution in [1.29, 1.82) is 0 Å². The van der Waals surface area contributed by atoms with E-state index in [2.05, 4.69) is 25.7 Å². The van der Waals surface area contributed by atoms with Gasteiger partial charge in [-0.1, -0.05) is 42.1 Å². The lowest BCUT2D eigenvalue weighted by Gasteiger charge is -2.14. The quantitative estimate of drug-likeness (QED) is 0.280. The normalized spacial score (nSPS) is 12.1. The molecule has 0 spiro atoms. The summed E-state index contributed by atoms with van der Waals surface area (Å²) >= 11 is 0.912. The molecule has 9 nitrogen and oxygen atoms in total. The second-order valence-electron chi connectivity index (χ2n) is 6.69. The smallest absolute Gasteiger partial charge is 0.342 e. The number of H-pyrrole nitrogens is 2. The third kappa shape index (κ3) is 6.41. The molecule has 0 aliphatic rings. The number of aromatic amines is 2. The Labute approximate surface area is 181 Å². The van der Waals surface area contributed by atoms with Gasteiger partial charge in [0.15, 0.2) is 5.03 Å². The van der Waals surface area contributed by atoms with Gasteiger partial charge < -0.3 is 4.74 Å². The third-order valence-electron chi connectivity index (χ3n) is 3.89. The third-order valence-corrected chi connectivity index (χ3v) is 5.11. The van der Waals surface area contributed by atoms with Gasteiger partial charge in [0.25, 0.3) is 11.5 Å². The molecule has 1 unspecified atom stereocenters. The predicted molar refractivity (Wildman–Crippen MR) is 118 cm³/mol. The minimum absolute atomic E-state index is 0.0340. The minimum Gasteiger partial charge on any atom is -0.491 e. The summed E-state index contributed by atoms with van der Waals surface area (Å²) in [5.41, 5.74) is 2.54. The van der Waals surface area contributed by atoms with E-state index in [0.717, 1.165) is 23.1 Å². The van der Waals surface area contributed by atoms with Gasteiger partial charge >= 0.3 is 5.69 Å². The fourth-order valence-corrected chi connectivity index (χ4v) is 3.50. The molecule has 1 atom stereocenters. The fraction of sp³-hybridized carbons (Fsp3) is 0.190. The van der Waals surface area contributed by atoms with E-state index in [1.54, 1.807) is 24.3 Å². The lowest BCUT2D eigenvalue weighted by Crippen LogP contribution is -2.28. The molecule has 31 heavy (non-hydrogen) atoms. The van der Waals surface area contributed by atoms with Gasteiger partial charge in [-0.3, -0.25) is 14.6 Å². The van der Waals surface area contributed by atoms with Crippen LogP contribution in [0.1, 0.15) is 30.2 Å².